The normalized spacial score (nSPS) is 10.4. The smallest absolute Gasteiger partial charge is 0.181 e. The topological polar surface area (TPSA) is 63.3 Å². The van der Waals surface area contributed by atoms with E-state index in [9.17, 15) is 9.90 Å². The number of hydrogen-bond acceptors (Lipinski definition) is 4. The molecule has 0 amide bonds. The van der Waals surface area contributed by atoms with Gasteiger partial charge >= 0.3 is 0 Å². The second kappa shape index (κ2) is 3.98. The third kappa shape index (κ3) is 1.92. The van der Waals surface area contributed by atoms with Crippen molar-refractivity contribution >= 4 is 17.4 Å². The molecule has 1 aromatic heterocycles. The lowest BCUT2D eigenvalue weighted by molar-refractivity contribution is 0.100. The van der Waals surface area contributed by atoms with Crippen LogP contribution in [0.2, 0.25) is 5.02 Å². The Hall–Kier alpha value is -1.81. The van der Waals surface area contributed by atoms with Crippen molar-refractivity contribution in [2.45, 2.75) is 6.92 Å². The van der Waals surface area contributed by atoms with Crippen LogP contribution in [-0.4, -0.2) is 16.0 Å². The van der Waals surface area contributed by atoms with Gasteiger partial charge in [-0.25, -0.2) is 0 Å². The summed E-state index contributed by atoms with van der Waals surface area (Å²) >= 11 is 5.75. The van der Waals surface area contributed by atoms with Crippen LogP contribution >= 0.6 is 11.6 Å². The molecule has 0 spiro atoms. The molecule has 0 unspecified atom stereocenters. The van der Waals surface area contributed by atoms with Gasteiger partial charge in [-0.3, -0.25) is 4.79 Å². The number of aromatic nitrogens is 1. The van der Waals surface area contributed by atoms with Crippen LogP contribution in [0.5, 0.6) is 5.75 Å². The average molecular weight is 238 g/mol. The zero-order chi connectivity index (χ0) is 11.7. The van der Waals surface area contributed by atoms with Crippen molar-refractivity contribution in [3.05, 3.63) is 35.0 Å². The van der Waals surface area contributed by atoms with Crippen LogP contribution in [-0.2, 0) is 0 Å². The fourth-order valence-corrected chi connectivity index (χ4v) is 1.42. The van der Waals surface area contributed by atoms with E-state index < -0.39 is 0 Å². The minimum absolute atomic E-state index is 0.00303. The summed E-state index contributed by atoms with van der Waals surface area (Å²) in [5.41, 5.74) is 0.919. The zero-order valence-corrected chi connectivity index (χ0v) is 9.15. The Kier molecular flexibility index (Phi) is 2.66. The van der Waals surface area contributed by atoms with Crippen LogP contribution in [0.4, 0.5) is 0 Å². The Morgan fingerprint density at radius 2 is 2.19 bits per heavy atom. The summed E-state index contributed by atoms with van der Waals surface area (Å²) in [5, 5.41) is 13.1. The van der Waals surface area contributed by atoms with Crippen LogP contribution in [0.3, 0.4) is 0 Å². The van der Waals surface area contributed by atoms with Crippen LogP contribution in [0.15, 0.2) is 28.8 Å². The maximum Gasteiger partial charge on any atom is 0.181 e. The minimum Gasteiger partial charge on any atom is -0.506 e. The molecule has 0 saturated heterocycles. The summed E-state index contributed by atoms with van der Waals surface area (Å²) in [6.07, 6.45) is 0. The Morgan fingerprint density at radius 3 is 2.75 bits per heavy atom. The van der Waals surface area contributed by atoms with Gasteiger partial charge in [0.25, 0.3) is 0 Å². The van der Waals surface area contributed by atoms with Crippen molar-refractivity contribution in [2.24, 2.45) is 0 Å². The number of Topliss-reactive ketones (excluding diaryl/α,β-unsaturated/α-hetero) is 1. The predicted octanol–water partition coefficient (Wildman–Crippen LogP) is 2.90. The summed E-state index contributed by atoms with van der Waals surface area (Å²) in [5.74, 6) is 0.267. The largest absolute Gasteiger partial charge is 0.506 e. The molecule has 16 heavy (non-hydrogen) atoms. The first-order valence-electron chi connectivity index (χ1n) is 4.54. The monoisotopic (exact) mass is 237 g/mol. The molecule has 2 rings (SSSR count). The number of ketones is 1. The van der Waals surface area contributed by atoms with Gasteiger partial charge in [-0.1, -0.05) is 16.8 Å². The van der Waals surface area contributed by atoms with Gasteiger partial charge in [0.15, 0.2) is 11.5 Å². The van der Waals surface area contributed by atoms with Gasteiger partial charge in [0, 0.05) is 18.6 Å². The molecule has 2 aromatic rings. The first kappa shape index (κ1) is 10.7. The number of phenols is 1. The first-order chi connectivity index (χ1) is 7.58. The van der Waals surface area contributed by atoms with E-state index in [0.29, 0.717) is 11.3 Å². The van der Waals surface area contributed by atoms with Crippen molar-refractivity contribution in [1.82, 2.24) is 5.16 Å². The van der Waals surface area contributed by atoms with Crippen molar-refractivity contribution in [1.29, 1.82) is 0 Å². The standard InChI is InChI=1S/C11H8ClNO3/c1-6(14)9-5-11(16-13-9)7-2-3-10(15)8(12)4-7/h2-5,15H,1H3. The summed E-state index contributed by atoms with van der Waals surface area (Å²) in [6, 6.07) is 6.16. The van der Waals surface area contributed by atoms with E-state index in [1.54, 1.807) is 12.1 Å². The fraction of sp³-hybridized carbons (Fsp3) is 0.0909. The third-order valence-corrected chi connectivity index (χ3v) is 2.41. The van der Waals surface area contributed by atoms with E-state index in [1.165, 1.54) is 19.1 Å². The lowest BCUT2D eigenvalue weighted by atomic mass is 10.1. The summed E-state index contributed by atoms with van der Waals surface area (Å²) in [7, 11) is 0. The average Bonchev–Trinajstić information content (AvgIpc) is 2.71. The highest BCUT2D eigenvalue weighted by atomic mass is 35.5. The number of halogens is 1. The number of carbonyl (C=O) groups is 1. The number of aromatic hydroxyl groups is 1. The number of rotatable bonds is 2. The predicted molar refractivity (Wildman–Crippen MR) is 58.6 cm³/mol. The highest BCUT2D eigenvalue weighted by molar-refractivity contribution is 6.32. The molecule has 4 nitrogen and oxygen atoms in total. The van der Waals surface area contributed by atoms with Crippen molar-refractivity contribution in [3.63, 3.8) is 0 Å². The first-order valence-corrected chi connectivity index (χ1v) is 4.92. The Balaban J connectivity index is 2.42. The summed E-state index contributed by atoms with van der Waals surface area (Å²) < 4.78 is 5.00. The van der Waals surface area contributed by atoms with Gasteiger partial charge in [-0.2, -0.15) is 0 Å². The Labute approximate surface area is 96.4 Å². The van der Waals surface area contributed by atoms with Crippen LogP contribution < -0.4 is 0 Å². The second-order valence-corrected chi connectivity index (χ2v) is 3.71. The van der Waals surface area contributed by atoms with Crippen LogP contribution in [0.1, 0.15) is 17.4 Å². The van der Waals surface area contributed by atoms with Crippen molar-refractivity contribution < 1.29 is 14.4 Å². The summed E-state index contributed by atoms with van der Waals surface area (Å²) in [6.45, 7) is 1.41. The molecule has 5 heteroatoms. The fourth-order valence-electron chi connectivity index (χ4n) is 1.24. The molecule has 1 N–H and O–H groups in total. The van der Waals surface area contributed by atoms with Gasteiger partial charge in [0.1, 0.15) is 11.4 Å². The van der Waals surface area contributed by atoms with Crippen LogP contribution in [0, 0.1) is 0 Å². The molecule has 0 saturated carbocycles. The minimum atomic E-state index is -0.167. The number of hydrogen-bond donors (Lipinski definition) is 1. The highest BCUT2D eigenvalue weighted by Gasteiger charge is 2.11. The van der Waals surface area contributed by atoms with Gasteiger partial charge in [0.05, 0.1) is 5.02 Å². The van der Waals surface area contributed by atoms with Crippen LogP contribution in [0.25, 0.3) is 11.3 Å². The van der Waals surface area contributed by atoms with Gasteiger partial charge in [-0.15, -0.1) is 0 Å². The Morgan fingerprint density at radius 1 is 1.44 bits per heavy atom. The van der Waals surface area contributed by atoms with Gasteiger partial charge in [-0.05, 0) is 18.2 Å². The zero-order valence-electron chi connectivity index (χ0n) is 8.40. The van der Waals surface area contributed by atoms with E-state index in [4.69, 9.17) is 16.1 Å². The number of phenolic OH excluding ortho intramolecular Hbond substituents is 1. The van der Waals surface area contributed by atoms with E-state index >= 15 is 0 Å². The maximum atomic E-state index is 11.0. The molecule has 1 aromatic carbocycles. The molecule has 0 atom stereocenters. The van der Waals surface area contributed by atoms with Gasteiger partial charge < -0.3 is 9.63 Å². The molecule has 0 radical (unpaired) electrons. The highest BCUT2D eigenvalue weighted by Crippen LogP contribution is 2.29. The quantitative estimate of drug-likeness (QED) is 0.816. The molecule has 0 aliphatic carbocycles. The Bertz CT molecular complexity index is 548. The molecule has 0 bridgehead atoms. The summed E-state index contributed by atoms with van der Waals surface area (Å²) in [4.78, 5) is 11.0. The maximum absolute atomic E-state index is 11.0. The molecular formula is C11H8ClNO3. The van der Waals surface area contributed by atoms with Crippen molar-refractivity contribution in [3.8, 4) is 17.1 Å². The third-order valence-electron chi connectivity index (χ3n) is 2.10. The molecule has 1 heterocycles. The number of benzene rings is 1. The molecular weight excluding hydrogens is 230 g/mol. The number of carbonyl (C=O) groups excluding carboxylic acids is 1. The molecule has 82 valence electrons. The van der Waals surface area contributed by atoms with E-state index in [-0.39, 0.29) is 22.2 Å². The molecule has 0 fully saturated rings. The lowest BCUT2D eigenvalue weighted by Gasteiger charge is -1.98. The second-order valence-electron chi connectivity index (χ2n) is 3.30. The number of nitrogens with zero attached hydrogens (tertiary/aromatic N) is 1. The van der Waals surface area contributed by atoms with Crippen molar-refractivity contribution in [2.75, 3.05) is 0 Å². The lowest BCUT2D eigenvalue weighted by Crippen LogP contribution is -1.89. The van der Waals surface area contributed by atoms with E-state index in [1.807, 2.05) is 0 Å². The SMILES string of the molecule is CC(=O)c1cc(-c2ccc(O)c(Cl)c2)on1. The van der Waals surface area contributed by atoms with Gasteiger partial charge in [0.2, 0.25) is 0 Å². The molecule has 0 aliphatic rings. The van der Waals surface area contributed by atoms with E-state index in [2.05, 4.69) is 5.16 Å². The molecule has 0 aliphatic heterocycles. The van der Waals surface area contributed by atoms with E-state index in [0.717, 1.165) is 0 Å².